The number of halogens is 1. The number of ether oxygens (including phenoxy) is 2. The van der Waals surface area contributed by atoms with Gasteiger partial charge < -0.3 is 9.47 Å². The molecule has 6 heteroatoms. The summed E-state index contributed by atoms with van der Waals surface area (Å²) in [5.74, 6) is -0.200. The van der Waals surface area contributed by atoms with Crippen molar-refractivity contribution in [3.63, 3.8) is 0 Å². The smallest absolute Gasteiger partial charge is 0.345 e. The quantitative estimate of drug-likeness (QED) is 0.673. The van der Waals surface area contributed by atoms with Crippen LogP contribution in [0.3, 0.4) is 0 Å². The van der Waals surface area contributed by atoms with E-state index in [1.54, 1.807) is 28.9 Å². The molecule has 0 aliphatic heterocycles. The predicted octanol–water partition coefficient (Wildman–Crippen LogP) is 3.99. The highest BCUT2D eigenvalue weighted by atomic mass is 35.5. The van der Waals surface area contributed by atoms with E-state index in [4.69, 9.17) is 21.1 Å². The van der Waals surface area contributed by atoms with Crippen LogP contribution in [0, 0.1) is 0 Å². The fraction of sp³-hybridized carbons (Fsp3) is 0.111. The Morgan fingerprint density at radius 2 is 1.71 bits per heavy atom. The highest BCUT2D eigenvalue weighted by Gasteiger charge is 2.27. The van der Waals surface area contributed by atoms with Crippen molar-refractivity contribution in [2.24, 2.45) is 0 Å². The highest BCUT2D eigenvalue weighted by Crippen LogP contribution is 2.33. The molecule has 0 N–H and O–H groups in total. The van der Waals surface area contributed by atoms with E-state index in [0.29, 0.717) is 16.6 Å². The number of rotatable bonds is 4. The molecule has 3 aromatic rings. The van der Waals surface area contributed by atoms with Crippen LogP contribution in [0.15, 0.2) is 54.6 Å². The number of benzene rings is 2. The van der Waals surface area contributed by atoms with E-state index in [2.05, 4.69) is 5.10 Å². The van der Waals surface area contributed by atoms with Crippen LogP contribution in [-0.2, 0) is 4.74 Å². The van der Waals surface area contributed by atoms with Gasteiger partial charge in [0.15, 0.2) is 0 Å². The summed E-state index contributed by atoms with van der Waals surface area (Å²) < 4.78 is 11.9. The largest absolute Gasteiger partial charge is 0.480 e. The van der Waals surface area contributed by atoms with Gasteiger partial charge in [0, 0.05) is 10.6 Å². The Bertz CT molecular complexity index is 858. The van der Waals surface area contributed by atoms with E-state index in [-0.39, 0.29) is 5.56 Å². The Balaban J connectivity index is 2.26. The van der Waals surface area contributed by atoms with Crippen LogP contribution in [0.5, 0.6) is 5.88 Å². The summed E-state index contributed by atoms with van der Waals surface area (Å²) in [7, 11) is 2.82. The van der Waals surface area contributed by atoms with E-state index >= 15 is 0 Å². The fourth-order valence-corrected chi connectivity index (χ4v) is 2.56. The zero-order valence-electron chi connectivity index (χ0n) is 13.2. The van der Waals surface area contributed by atoms with Gasteiger partial charge in [-0.25, -0.2) is 4.79 Å². The molecule has 122 valence electrons. The first-order chi connectivity index (χ1) is 11.7. The Kier molecular flexibility index (Phi) is 4.53. The minimum Gasteiger partial charge on any atom is -0.480 e. The molecule has 5 nitrogen and oxygen atoms in total. The summed E-state index contributed by atoms with van der Waals surface area (Å²) in [6.45, 7) is 0. The lowest BCUT2D eigenvalue weighted by atomic mass is 10.1. The van der Waals surface area contributed by atoms with Gasteiger partial charge in [0.25, 0.3) is 0 Å². The van der Waals surface area contributed by atoms with Crippen molar-refractivity contribution in [3.05, 3.63) is 65.2 Å². The van der Waals surface area contributed by atoms with Crippen LogP contribution >= 0.6 is 11.6 Å². The van der Waals surface area contributed by atoms with Crippen LogP contribution in [0.4, 0.5) is 0 Å². The number of aromatic nitrogens is 2. The van der Waals surface area contributed by atoms with Crippen LogP contribution in [-0.4, -0.2) is 30.0 Å². The standard InChI is InChI=1S/C18H15ClN2O3/c1-23-17-15(18(22)24-2)16(12-6-4-3-5-7-12)20-21(17)14-10-8-13(19)9-11-14/h3-11H,1-2H3. The normalized spacial score (nSPS) is 10.5. The molecule has 0 amide bonds. The number of carbonyl (C=O) groups is 1. The van der Waals surface area contributed by atoms with Crippen molar-refractivity contribution in [2.75, 3.05) is 14.2 Å². The molecule has 0 radical (unpaired) electrons. The van der Waals surface area contributed by atoms with Crippen molar-refractivity contribution < 1.29 is 14.3 Å². The zero-order valence-corrected chi connectivity index (χ0v) is 13.9. The second-order valence-electron chi connectivity index (χ2n) is 4.98. The minimum atomic E-state index is -0.508. The molecule has 0 bridgehead atoms. The van der Waals surface area contributed by atoms with E-state index in [9.17, 15) is 4.79 Å². The van der Waals surface area contributed by atoms with Crippen LogP contribution in [0.2, 0.25) is 5.02 Å². The summed E-state index contributed by atoms with van der Waals surface area (Å²) in [5.41, 5.74) is 2.29. The maximum Gasteiger partial charge on any atom is 0.345 e. The third kappa shape index (κ3) is 2.86. The average molecular weight is 343 g/mol. The molecule has 0 unspecified atom stereocenters. The van der Waals surface area contributed by atoms with Crippen molar-refractivity contribution in [3.8, 4) is 22.8 Å². The second kappa shape index (κ2) is 6.76. The predicted molar refractivity (Wildman–Crippen MR) is 91.9 cm³/mol. The lowest BCUT2D eigenvalue weighted by molar-refractivity contribution is 0.0597. The van der Waals surface area contributed by atoms with Crippen molar-refractivity contribution in [2.45, 2.75) is 0 Å². The molecule has 0 spiro atoms. The maximum absolute atomic E-state index is 12.3. The number of methoxy groups -OCH3 is 2. The molecule has 0 atom stereocenters. The highest BCUT2D eigenvalue weighted by molar-refractivity contribution is 6.30. The van der Waals surface area contributed by atoms with Gasteiger partial charge in [0.2, 0.25) is 5.88 Å². The molecule has 1 aromatic heterocycles. The van der Waals surface area contributed by atoms with Crippen molar-refractivity contribution >= 4 is 17.6 Å². The average Bonchev–Trinajstić information content (AvgIpc) is 3.02. The van der Waals surface area contributed by atoms with Gasteiger partial charge in [0.05, 0.1) is 19.9 Å². The van der Waals surface area contributed by atoms with E-state index < -0.39 is 5.97 Å². The van der Waals surface area contributed by atoms with Crippen LogP contribution in [0.1, 0.15) is 10.4 Å². The first-order valence-electron chi connectivity index (χ1n) is 7.22. The molecule has 2 aromatic carbocycles. The summed E-state index contributed by atoms with van der Waals surface area (Å²) >= 11 is 5.94. The molecule has 0 fully saturated rings. The molecule has 1 heterocycles. The number of hydrogen-bond acceptors (Lipinski definition) is 4. The van der Waals surface area contributed by atoms with Gasteiger partial charge in [0.1, 0.15) is 11.3 Å². The third-order valence-corrected chi connectivity index (χ3v) is 3.80. The van der Waals surface area contributed by atoms with Gasteiger partial charge >= 0.3 is 5.97 Å². The first-order valence-corrected chi connectivity index (χ1v) is 7.60. The summed E-state index contributed by atoms with van der Waals surface area (Å²) in [6.07, 6.45) is 0. The first kappa shape index (κ1) is 16.1. The monoisotopic (exact) mass is 342 g/mol. The van der Waals surface area contributed by atoms with Crippen molar-refractivity contribution in [1.82, 2.24) is 9.78 Å². The summed E-state index contributed by atoms with van der Waals surface area (Å²) in [4.78, 5) is 12.3. The molecular formula is C18H15ClN2O3. The Morgan fingerprint density at radius 3 is 2.29 bits per heavy atom. The van der Waals surface area contributed by atoms with Gasteiger partial charge in [-0.05, 0) is 24.3 Å². The van der Waals surface area contributed by atoms with Gasteiger partial charge in [-0.15, -0.1) is 0 Å². The fourth-order valence-electron chi connectivity index (χ4n) is 2.43. The lowest BCUT2D eigenvalue weighted by Crippen LogP contribution is -2.05. The minimum absolute atomic E-state index is 0.279. The van der Waals surface area contributed by atoms with Crippen molar-refractivity contribution in [1.29, 1.82) is 0 Å². The third-order valence-electron chi connectivity index (χ3n) is 3.54. The van der Waals surface area contributed by atoms with Gasteiger partial charge in [-0.2, -0.15) is 9.78 Å². The summed E-state index contributed by atoms with van der Waals surface area (Å²) in [5, 5.41) is 5.18. The molecule has 0 saturated heterocycles. The van der Waals surface area contributed by atoms with Crippen LogP contribution in [0.25, 0.3) is 16.9 Å². The Labute approximate surface area is 144 Å². The number of hydrogen-bond donors (Lipinski definition) is 0. The molecule has 3 rings (SSSR count). The molecular weight excluding hydrogens is 328 g/mol. The van der Waals surface area contributed by atoms with E-state index in [1.165, 1.54) is 14.2 Å². The molecule has 0 saturated carbocycles. The second-order valence-corrected chi connectivity index (χ2v) is 5.42. The number of nitrogens with zero attached hydrogens (tertiary/aromatic N) is 2. The Morgan fingerprint density at radius 1 is 1.04 bits per heavy atom. The van der Waals surface area contributed by atoms with Crippen LogP contribution < -0.4 is 4.74 Å². The zero-order chi connectivity index (χ0) is 17.1. The van der Waals surface area contributed by atoms with E-state index in [0.717, 1.165) is 11.3 Å². The van der Waals surface area contributed by atoms with E-state index in [1.807, 2.05) is 30.3 Å². The molecule has 0 aliphatic rings. The number of esters is 1. The lowest BCUT2D eigenvalue weighted by Gasteiger charge is -2.07. The molecule has 0 aliphatic carbocycles. The molecule has 24 heavy (non-hydrogen) atoms. The maximum atomic E-state index is 12.3. The van der Waals surface area contributed by atoms with Gasteiger partial charge in [-0.1, -0.05) is 41.9 Å². The van der Waals surface area contributed by atoms with Gasteiger partial charge in [-0.3, -0.25) is 0 Å². The number of carbonyl (C=O) groups excluding carboxylic acids is 1. The summed E-state index contributed by atoms with van der Waals surface area (Å²) in [6, 6.07) is 16.5. The SMILES string of the molecule is COC(=O)c1c(-c2ccccc2)nn(-c2ccc(Cl)cc2)c1OC. The topological polar surface area (TPSA) is 53.3 Å². The Hall–Kier alpha value is -2.79.